The lowest BCUT2D eigenvalue weighted by Gasteiger charge is -2.34. The molecule has 0 aliphatic carbocycles. The third-order valence-corrected chi connectivity index (χ3v) is 4.22. The van der Waals surface area contributed by atoms with Gasteiger partial charge >= 0.3 is 0 Å². The second-order valence-electron chi connectivity index (χ2n) is 5.99. The number of hydrogen-bond donors (Lipinski definition) is 0. The molecule has 0 aromatic carbocycles. The zero-order valence-electron chi connectivity index (χ0n) is 12.5. The lowest BCUT2D eigenvalue weighted by Crippen LogP contribution is -2.39. The van der Waals surface area contributed by atoms with Gasteiger partial charge in [-0.2, -0.15) is 0 Å². The van der Waals surface area contributed by atoms with Gasteiger partial charge in [-0.3, -0.25) is 4.90 Å². The van der Waals surface area contributed by atoms with Crippen LogP contribution in [0.4, 0.5) is 5.82 Å². The number of fused-ring (bicyclic) bond motifs is 1. The van der Waals surface area contributed by atoms with E-state index in [1.165, 1.54) is 30.5 Å². The summed E-state index contributed by atoms with van der Waals surface area (Å²) < 4.78 is 5.86. The topological polar surface area (TPSA) is 41.5 Å². The maximum absolute atomic E-state index is 5.86. The fourth-order valence-electron chi connectivity index (χ4n) is 3.16. The molecular formula is C15H24N4O. The Morgan fingerprint density at radius 1 is 1.35 bits per heavy atom. The lowest BCUT2D eigenvalue weighted by atomic mass is 10.0. The summed E-state index contributed by atoms with van der Waals surface area (Å²) in [5.74, 6) is 1.06. The summed E-state index contributed by atoms with van der Waals surface area (Å²) in [6, 6.07) is 0. The van der Waals surface area contributed by atoms with Crippen LogP contribution in [0, 0.1) is 0 Å². The van der Waals surface area contributed by atoms with Crippen molar-refractivity contribution in [2.24, 2.45) is 0 Å². The van der Waals surface area contributed by atoms with E-state index in [0.29, 0.717) is 6.10 Å². The summed E-state index contributed by atoms with van der Waals surface area (Å²) in [6.07, 6.45) is 6.85. The van der Waals surface area contributed by atoms with E-state index < -0.39 is 0 Å². The molecule has 1 saturated heterocycles. The molecular weight excluding hydrogens is 252 g/mol. The van der Waals surface area contributed by atoms with E-state index in [1.807, 2.05) is 14.1 Å². The number of hydrogen-bond acceptors (Lipinski definition) is 5. The number of rotatable bonds is 3. The molecule has 1 fully saturated rings. The minimum absolute atomic E-state index is 0.415. The first-order chi connectivity index (χ1) is 9.74. The predicted molar refractivity (Wildman–Crippen MR) is 78.9 cm³/mol. The van der Waals surface area contributed by atoms with Crippen LogP contribution in [-0.2, 0) is 17.7 Å². The van der Waals surface area contributed by atoms with Gasteiger partial charge in [0.1, 0.15) is 12.1 Å². The van der Waals surface area contributed by atoms with Crippen molar-refractivity contribution < 1.29 is 4.74 Å². The van der Waals surface area contributed by atoms with E-state index >= 15 is 0 Å². The molecule has 0 saturated carbocycles. The SMILES string of the molecule is CN(C)c1ncnc2c1CN(C[C@@H]1CCCCO1)CC2. The van der Waals surface area contributed by atoms with E-state index in [-0.39, 0.29) is 0 Å². The summed E-state index contributed by atoms with van der Waals surface area (Å²) >= 11 is 0. The maximum atomic E-state index is 5.86. The highest BCUT2D eigenvalue weighted by Gasteiger charge is 2.24. The van der Waals surface area contributed by atoms with Crippen molar-refractivity contribution in [3.8, 4) is 0 Å². The Bertz CT molecular complexity index is 457. The van der Waals surface area contributed by atoms with E-state index in [9.17, 15) is 0 Å². The summed E-state index contributed by atoms with van der Waals surface area (Å²) in [5.41, 5.74) is 2.50. The Balaban J connectivity index is 1.70. The molecule has 0 bridgehead atoms. The van der Waals surface area contributed by atoms with Gasteiger partial charge in [0.05, 0.1) is 11.8 Å². The van der Waals surface area contributed by atoms with E-state index in [1.54, 1.807) is 6.33 Å². The van der Waals surface area contributed by atoms with Gasteiger partial charge in [0.15, 0.2) is 0 Å². The Kier molecular flexibility index (Phi) is 4.17. The molecule has 1 aromatic rings. The molecule has 20 heavy (non-hydrogen) atoms. The minimum Gasteiger partial charge on any atom is -0.377 e. The first-order valence-corrected chi connectivity index (χ1v) is 7.58. The van der Waals surface area contributed by atoms with E-state index in [4.69, 9.17) is 4.74 Å². The summed E-state index contributed by atoms with van der Waals surface area (Å²) in [5, 5.41) is 0. The number of ether oxygens (including phenoxy) is 1. The number of anilines is 1. The number of aromatic nitrogens is 2. The van der Waals surface area contributed by atoms with Crippen LogP contribution >= 0.6 is 0 Å². The van der Waals surface area contributed by atoms with Crippen molar-refractivity contribution in [1.29, 1.82) is 0 Å². The molecule has 1 atom stereocenters. The van der Waals surface area contributed by atoms with Crippen LogP contribution in [0.15, 0.2) is 6.33 Å². The second-order valence-corrected chi connectivity index (χ2v) is 5.99. The van der Waals surface area contributed by atoms with Crippen molar-refractivity contribution in [2.45, 2.75) is 38.3 Å². The Labute approximate surface area is 121 Å². The Morgan fingerprint density at radius 2 is 2.25 bits per heavy atom. The Hall–Kier alpha value is -1.20. The highest BCUT2D eigenvalue weighted by atomic mass is 16.5. The zero-order valence-corrected chi connectivity index (χ0v) is 12.5. The zero-order chi connectivity index (χ0) is 13.9. The van der Waals surface area contributed by atoms with Crippen LogP contribution in [0.2, 0.25) is 0 Å². The lowest BCUT2D eigenvalue weighted by molar-refractivity contribution is -0.00811. The molecule has 0 amide bonds. The van der Waals surface area contributed by atoms with Crippen molar-refractivity contribution in [1.82, 2.24) is 14.9 Å². The molecule has 3 rings (SSSR count). The molecule has 0 N–H and O–H groups in total. The fourth-order valence-corrected chi connectivity index (χ4v) is 3.16. The van der Waals surface area contributed by atoms with Gasteiger partial charge in [-0.1, -0.05) is 0 Å². The molecule has 0 unspecified atom stereocenters. The van der Waals surface area contributed by atoms with Crippen LogP contribution in [0.25, 0.3) is 0 Å². The van der Waals surface area contributed by atoms with Gasteiger partial charge in [0.25, 0.3) is 0 Å². The van der Waals surface area contributed by atoms with Crippen LogP contribution in [0.5, 0.6) is 0 Å². The highest BCUT2D eigenvalue weighted by Crippen LogP contribution is 2.25. The fraction of sp³-hybridized carbons (Fsp3) is 0.733. The summed E-state index contributed by atoms with van der Waals surface area (Å²) in [4.78, 5) is 13.5. The van der Waals surface area contributed by atoms with Gasteiger partial charge in [-0.25, -0.2) is 9.97 Å². The van der Waals surface area contributed by atoms with Gasteiger partial charge in [-0.15, -0.1) is 0 Å². The van der Waals surface area contributed by atoms with Crippen LogP contribution in [0.1, 0.15) is 30.5 Å². The predicted octanol–water partition coefficient (Wildman–Crippen LogP) is 1.47. The molecule has 110 valence electrons. The highest BCUT2D eigenvalue weighted by molar-refractivity contribution is 5.48. The maximum Gasteiger partial charge on any atom is 0.136 e. The Morgan fingerprint density at radius 3 is 3.00 bits per heavy atom. The molecule has 0 radical (unpaired) electrons. The normalized spacial score (nSPS) is 23.4. The smallest absolute Gasteiger partial charge is 0.136 e. The van der Waals surface area contributed by atoms with E-state index in [0.717, 1.165) is 38.5 Å². The van der Waals surface area contributed by atoms with Crippen LogP contribution in [-0.4, -0.2) is 54.8 Å². The standard InChI is InChI=1S/C15H24N4O/c1-18(2)15-13-10-19(7-6-14(13)16-11-17-15)9-12-5-3-4-8-20-12/h11-12H,3-10H2,1-2H3/t12-/m0/s1. The van der Waals surface area contributed by atoms with E-state index in [2.05, 4.69) is 19.8 Å². The van der Waals surface area contributed by atoms with Crippen molar-refractivity contribution >= 4 is 5.82 Å². The van der Waals surface area contributed by atoms with Gasteiger partial charge in [-0.05, 0) is 19.3 Å². The monoisotopic (exact) mass is 276 g/mol. The molecule has 0 spiro atoms. The first-order valence-electron chi connectivity index (χ1n) is 7.58. The van der Waals surface area contributed by atoms with Crippen molar-refractivity contribution in [3.05, 3.63) is 17.6 Å². The third kappa shape index (κ3) is 2.94. The first kappa shape index (κ1) is 13.8. The molecule has 2 aliphatic rings. The molecule has 5 nitrogen and oxygen atoms in total. The molecule has 1 aromatic heterocycles. The van der Waals surface area contributed by atoms with Crippen LogP contribution < -0.4 is 4.90 Å². The minimum atomic E-state index is 0.415. The molecule has 2 aliphatic heterocycles. The molecule has 3 heterocycles. The van der Waals surface area contributed by atoms with Gasteiger partial charge in [0, 0.05) is 52.3 Å². The van der Waals surface area contributed by atoms with Gasteiger partial charge in [0.2, 0.25) is 0 Å². The largest absolute Gasteiger partial charge is 0.377 e. The average Bonchev–Trinajstić information content (AvgIpc) is 2.47. The quantitative estimate of drug-likeness (QED) is 0.836. The van der Waals surface area contributed by atoms with Crippen LogP contribution in [0.3, 0.4) is 0 Å². The van der Waals surface area contributed by atoms with Crippen molar-refractivity contribution in [3.63, 3.8) is 0 Å². The average molecular weight is 276 g/mol. The molecule has 5 heteroatoms. The summed E-state index contributed by atoms with van der Waals surface area (Å²) in [7, 11) is 4.09. The second kappa shape index (κ2) is 6.06. The van der Waals surface area contributed by atoms with Gasteiger partial charge < -0.3 is 9.64 Å². The third-order valence-electron chi connectivity index (χ3n) is 4.22. The number of nitrogens with zero attached hydrogens (tertiary/aromatic N) is 4. The van der Waals surface area contributed by atoms with Crippen molar-refractivity contribution in [2.75, 3.05) is 38.7 Å². The summed E-state index contributed by atoms with van der Waals surface area (Å²) in [6.45, 7) is 4.00.